The number of para-hydroxylation sites is 2. The van der Waals surface area contributed by atoms with Gasteiger partial charge in [0.05, 0.1) is 12.5 Å². The van der Waals surface area contributed by atoms with E-state index in [2.05, 4.69) is 0 Å². The van der Waals surface area contributed by atoms with E-state index in [1.807, 2.05) is 6.07 Å². The molecule has 0 amide bonds. The SMILES string of the molecule is COc1ccccc1Oc1c(C)oc2cc(OCc3cccc(F)c3)ccc2c1=O. The molecule has 0 aliphatic carbocycles. The molecule has 0 bridgehead atoms. The molecule has 0 N–H and O–H groups in total. The van der Waals surface area contributed by atoms with Gasteiger partial charge in [0.25, 0.3) is 0 Å². The fourth-order valence-electron chi connectivity index (χ4n) is 3.08. The van der Waals surface area contributed by atoms with Crippen molar-refractivity contribution in [2.75, 3.05) is 7.11 Å². The zero-order valence-electron chi connectivity index (χ0n) is 16.5. The third kappa shape index (κ3) is 3.98. The zero-order chi connectivity index (χ0) is 21.1. The minimum atomic E-state index is -0.321. The number of ether oxygens (including phenoxy) is 3. The van der Waals surface area contributed by atoms with Gasteiger partial charge in [0.15, 0.2) is 11.5 Å². The lowest BCUT2D eigenvalue weighted by molar-refractivity contribution is 0.305. The van der Waals surface area contributed by atoms with Crippen LogP contribution < -0.4 is 19.6 Å². The van der Waals surface area contributed by atoms with E-state index in [4.69, 9.17) is 18.6 Å². The molecule has 0 aliphatic heterocycles. The van der Waals surface area contributed by atoms with Gasteiger partial charge >= 0.3 is 0 Å². The summed E-state index contributed by atoms with van der Waals surface area (Å²) in [5.41, 5.74) is 0.784. The predicted molar refractivity (Wildman–Crippen MR) is 111 cm³/mol. The lowest BCUT2D eigenvalue weighted by Crippen LogP contribution is -2.08. The van der Waals surface area contributed by atoms with E-state index < -0.39 is 0 Å². The minimum Gasteiger partial charge on any atom is -0.493 e. The second-order valence-corrected chi connectivity index (χ2v) is 6.65. The summed E-state index contributed by atoms with van der Waals surface area (Å²) in [4.78, 5) is 13.0. The van der Waals surface area contributed by atoms with Crippen LogP contribution in [0.1, 0.15) is 11.3 Å². The van der Waals surface area contributed by atoms with Gasteiger partial charge in [0.2, 0.25) is 11.2 Å². The molecule has 152 valence electrons. The quantitative estimate of drug-likeness (QED) is 0.416. The van der Waals surface area contributed by atoms with Crippen LogP contribution in [0.3, 0.4) is 0 Å². The fraction of sp³-hybridized carbons (Fsp3) is 0.125. The van der Waals surface area contributed by atoms with Crippen LogP contribution in [0.5, 0.6) is 23.0 Å². The minimum absolute atomic E-state index is 0.0976. The Morgan fingerprint density at radius 3 is 2.53 bits per heavy atom. The first-order valence-corrected chi connectivity index (χ1v) is 9.31. The van der Waals surface area contributed by atoms with Crippen molar-refractivity contribution in [2.45, 2.75) is 13.5 Å². The number of fused-ring (bicyclic) bond motifs is 1. The van der Waals surface area contributed by atoms with Gasteiger partial charge in [-0.05, 0) is 48.9 Å². The molecular formula is C24H19FO5. The number of benzene rings is 3. The van der Waals surface area contributed by atoms with Gasteiger partial charge in [-0.2, -0.15) is 0 Å². The lowest BCUT2D eigenvalue weighted by Gasteiger charge is -2.12. The molecule has 0 fully saturated rings. The number of halogens is 1. The highest BCUT2D eigenvalue weighted by atomic mass is 19.1. The van der Waals surface area contributed by atoms with Crippen LogP contribution in [0.15, 0.2) is 75.9 Å². The molecule has 30 heavy (non-hydrogen) atoms. The summed E-state index contributed by atoms with van der Waals surface area (Å²) in [5.74, 6) is 1.55. The normalized spacial score (nSPS) is 10.8. The van der Waals surface area contributed by atoms with Gasteiger partial charge in [-0.1, -0.05) is 24.3 Å². The molecule has 0 atom stereocenters. The molecule has 3 aromatic carbocycles. The van der Waals surface area contributed by atoms with Crippen molar-refractivity contribution in [3.63, 3.8) is 0 Å². The van der Waals surface area contributed by atoms with Crippen LogP contribution in [0.4, 0.5) is 4.39 Å². The first kappa shape index (κ1) is 19.5. The number of methoxy groups -OCH3 is 1. The average molecular weight is 406 g/mol. The molecule has 0 radical (unpaired) electrons. The highest BCUT2D eigenvalue weighted by Crippen LogP contribution is 2.32. The van der Waals surface area contributed by atoms with Crippen molar-refractivity contribution in [3.05, 3.63) is 94.1 Å². The van der Waals surface area contributed by atoms with Crippen molar-refractivity contribution < 1.29 is 23.0 Å². The van der Waals surface area contributed by atoms with E-state index >= 15 is 0 Å². The summed E-state index contributed by atoms with van der Waals surface area (Å²) in [6.07, 6.45) is 0. The largest absolute Gasteiger partial charge is 0.493 e. The Morgan fingerprint density at radius 2 is 1.77 bits per heavy atom. The molecular weight excluding hydrogens is 387 g/mol. The number of rotatable bonds is 6. The Labute approximate surface area is 172 Å². The molecule has 4 rings (SSSR count). The molecule has 0 saturated carbocycles. The van der Waals surface area contributed by atoms with Gasteiger partial charge < -0.3 is 18.6 Å². The van der Waals surface area contributed by atoms with E-state index in [1.165, 1.54) is 19.2 Å². The monoisotopic (exact) mass is 406 g/mol. The van der Waals surface area contributed by atoms with Crippen molar-refractivity contribution in [1.29, 1.82) is 0 Å². The summed E-state index contributed by atoms with van der Waals surface area (Å²) in [6.45, 7) is 1.85. The molecule has 1 aromatic heterocycles. The molecule has 0 unspecified atom stereocenters. The topological polar surface area (TPSA) is 57.9 Å². The Morgan fingerprint density at radius 1 is 0.967 bits per heavy atom. The van der Waals surface area contributed by atoms with E-state index in [9.17, 15) is 9.18 Å². The van der Waals surface area contributed by atoms with E-state index in [-0.39, 0.29) is 23.6 Å². The molecule has 4 aromatic rings. The van der Waals surface area contributed by atoms with E-state index in [0.717, 1.165) is 0 Å². The third-order valence-corrected chi connectivity index (χ3v) is 4.56. The number of hydrogen-bond acceptors (Lipinski definition) is 5. The fourth-order valence-corrected chi connectivity index (χ4v) is 3.08. The maximum absolute atomic E-state index is 13.3. The van der Waals surface area contributed by atoms with Crippen LogP contribution in [0, 0.1) is 12.7 Å². The standard InChI is InChI=1S/C24H19FO5/c1-15-24(30-21-9-4-3-8-20(21)27-2)23(26)19-11-10-18(13-22(19)29-15)28-14-16-6-5-7-17(25)12-16/h3-13H,14H2,1-2H3. The number of hydrogen-bond donors (Lipinski definition) is 0. The Balaban J connectivity index is 1.63. The van der Waals surface area contributed by atoms with Crippen LogP contribution >= 0.6 is 0 Å². The van der Waals surface area contributed by atoms with Gasteiger partial charge in [-0.15, -0.1) is 0 Å². The molecule has 0 spiro atoms. The van der Waals surface area contributed by atoms with Gasteiger partial charge in [-0.3, -0.25) is 4.79 Å². The summed E-state index contributed by atoms with van der Waals surface area (Å²) in [7, 11) is 1.53. The van der Waals surface area contributed by atoms with Crippen LogP contribution in [-0.2, 0) is 6.61 Å². The molecule has 0 aliphatic rings. The zero-order valence-corrected chi connectivity index (χ0v) is 16.5. The summed E-state index contributed by atoms with van der Waals surface area (Å²) >= 11 is 0. The maximum Gasteiger partial charge on any atom is 0.235 e. The Bertz CT molecular complexity index is 1260. The van der Waals surface area contributed by atoms with Crippen LogP contribution in [0.25, 0.3) is 11.0 Å². The second kappa shape index (κ2) is 8.29. The maximum atomic E-state index is 13.3. The highest BCUT2D eigenvalue weighted by molar-refractivity contribution is 5.79. The Kier molecular flexibility index (Phi) is 5.39. The molecule has 0 saturated heterocycles. The van der Waals surface area contributed by atoms with Gasteiger partial charge in [0, 0.05) is 6.07 Å². The lowest BCUT2D eigenvalue weighted by atomic mass is 10.2. The smallest absolute Gasteiger partial charge is 0.235 e. The van der Waals surface area contributed by atoms with Crippen LogP contribution in [0.2, 0.25) is 0 Å². The van der Waals surface area contributed by atoms with Crippen molar-refractivity contribution in [1.82, 2.24) is 0 Å². The van der Waals surface area contributed by atoms with Gasteiger partial charge in [0.1, 0.15) is 29.5 Å². The highest BCUT2D eigenvalue weighted by Gasteiger charge is 2.16. The van der Waals surface area contributed by atoms with Crippen LogP contribution in [-0.4, -0.2) is 7.11 Å². The van der Waals surface area contributed by atoms with E-state index in [1.54, 1.807) is 55.5 Å². The molecule has 1 heterocycles. The van der Waals surface area contributed by atoms with Crippen molar-refractivity contribution >= 4 is 11.0 Å². The average Bonchev–Trinajstić information content (AvgIpc) is 2.75. The molecule has 6 heteroatoms. The summed E-state index contributed by atoms with van der Waals surface area (Å²) in [6, 6.07) is 18.2. The molecule has 5 nitrogen and oxygen atoms in total. The predicted octanol–water partition coefficient (Wildman–Crippen LogP) is 5.62. The van der Waals surface area contributed by atoms with Crippen molar-refractivity contribution in [2.24, 2.45) is 0 Å². The summed E-state index contributed by atoms with van der Waals surface area (Å²) in [5, 5.41) is 0.364. The first-order chi connectivity index (χ1) is 14.5. The Hall–Kier alpha value is -3.80. The first-order valence-electron chi connectivity index (χ1n) is 9.31. The second-order valence-electron chi connectivity index (χ2n) is 6.65. The van der Waals surface area contributed by atoms with Crippen molar-refractivity contribution in [3.8, 4) is 23.0 Å². The summed E-state index contributed by atoms with van der Waals surface area (Å²) < 4.78 is 35.9. The third-order valence-electron chi connectivity index (χ3n) is 4.56. The van der Waals surface area contributed by atoms with Gasteiger partial charge in [-0.25, -0.2) is 4.39 Å². The van der Waals surface area contributed by atoms with E-state index in [0.29, 0.717) is 39.5 Å². The number of aryl methyl sites for hydroxylation is 1.